The smallest absolute Gasteiger partial charge is 0.181 e. The van der Waals surface area contributed by atoms with Gasteiger partial charge in [-0.25, -0.2) is 4.98 Å². The van der Waals surface area contributed by atoms with E-state index in [0.717, 1.165) is 42.3 Å². The summed E-state index contributed by atoms with van der Waals surface area (Å²) < 4.78 is 0. The van der Waals surface area contributed by atoms with Crippen LogP contribution in [0.2, 0.25) is 0 Å². The third-order valence-corrected chi connectivity index (χ3v) is 4.74. The fraction of sp³-hybridized carbons (Fsp3) is 0.261. The minimum atomic E-state index is -0.0287. The third kappa shape index (κ3) is 4.22. The molecule has 0 aliphatic carbocycles. The Hall–Kier alpha value is -3.01. The average molecular weight is 361 g/mol. The fourth-order valence-electron chi connectivity index (χ4n) is 3.22. The number of aromatic hydroxyl groups is 1. The van der Waals surface area contributed by atoms with Crippen LogP contribution in [0.4, 0.5) is 0 Å². The first-order valence-corrected chi connectivity index (χ1v) is 9.35. The summed E-state index contributed by atoms with van der Waals surface area (Å²) in [5.74, 6) is 0.0425. The van der Waals surface area contributed by atoms with Crippen LogP contribution >= 0.6 is 0 Å². The highest BCUT2D eigenvalue weighted by atomic mass is 16.3. The van der Waals surface area contributed by atoms with Gasteiger partial charge < -0.3 is 5.11 Å². The van der Waals surface area contributed by atoms with Crippen molar-refractivity contribution in [2.75, 3.05) is 0 Å². The van der Waals surface area contributed by atoms with Crippen LogP contribution < -0.4 is 0 Å². The van der Waals surface area contributed by atoms with Gasteiger partial charge in [0, 0.05) is 12.0 Å². The van der Waals surface area contributed by atoms with Gasteiger partial charge in [-0.1, -0.05) is 50.5 Å². The van der Waals surface area contributed by atoms with Crippen molar-refractivity contribution in [2.24, 2.45) is 0 Å². The molecular weight excluding hydrogens is 338 g/mol. The number of rotatable bonds is 8. The highest BCUT2D eigenvalue weighted by Crippen LogP contribution is 2.29. The Morgan fingerprint density at radius 1 is 1.07 bits per heavy atom. The second-order valence-electron chi connectivity index (χ2n) is 6.69. The first-order valence-electron chi connectivity index (χ1n) is 9.35. The monoisotopic (exact) mass is 361 g/mol. The summed E-state index contributed by atoms with van der Waals surface area (Å²) in [5, 5.41) is 11.3. The van der Waals surface area contributed by atoms with E-state index >= 15 is 0 Å². The number of ketones is 1. The lowest BCUT2D eigenvalue weighted by atomic mass is 10.00. The molecule has 0 radical (unpaired) electrons. The molecule has 27 heavy (non-hydrogen) atoms. The standard InChI is InChI=1S/C23H23NO3/c1-2-3-4-5-9-23(27)21-8-6-7-20(24-21)17-10-12-18-16(14-17)11-13-22(26)19(18)15-25/h6-8,10-15,26H,2-5,9H2,1H3. The number of hydrogen-bond donors (Lipinski definition) is 1. The van der Waals surface area contributed by atoms with Crippen molar-refractivity contribution in [3.05, 3.63) is 59.8 Å². The Balaban J connectivity index is 1.87. The molecule has 0 atom stereocenters. The summed E-state index contributed by atoms with van der Waals surface area (Å²) in [7, 11) is 0. The Kier molecular flexibility index (Phi) is 5.97. The van der Waals surface area contributed by atoms with E-state index in [0.29, 0.717) is 23.8 Å². The number of pyridine rings is 1. The van der Waals surface area contributed by atoms with E-state index in [1.165, 1.54) is 6.07 Å². The van der Waals surface area contributed by atoms with Gasteiger partial charge >= 0.3 is 0 Å². The summed E-state index contributed by atoms with van der Waals surface area (Å²) in [6, 6.07) is 14.3. The number of nitrogens with zero attached hydrogens (tertiary/aromatic N) is 1. The van der Waals surface area contributed by atoms with E-state index in [-0.39, 0.29) is 17.1 Å². The first-order chi connectivity index (χ1) is 13.1. The molecule has 4 heteroatoms. The average Bonchev–Trinajstić information content (AvgIpc) is 2.71. The predicted octanol–water partition coefficient (Wildman–Crippen LogP) is 5.57. The molecule has 1 heterocycles. The molecular formula is C23H23NO3. The van der Waals surface area contributed by atoms with Gasteiger partial charge in [-0.3, -0.25) is 9.59 Å². The van der Waals surface area contributed by atoms with Gasteiger partial charge in [-0.2, -0.15) is 0 Å². The van der Waals surface area contributed by atoms with Gasteiger partial charge in [0.05, 0.1) is 11.3 Å². The third-order valence-electron chi connectivity index (χ3n) is 4.74. The first kappa shape index (κ1) is 18.8. The SMILES string of the molecule is CCCCCCC(=O)c1cccc(-c2ccc3c(C=O)c(O)ccc3c2)n1. The molecule has 0 saturated heterocycles. The van der Waals surface area contributed by atoms with Gasteiger partial charge in [0.15, 0.2) is 12.1 Å². The Morgan fingerprint density at radius 2 is 1.93 bits per heavy atom. The zero-order valence-electron chi connectivity index (χ0n) is 15.4. The topological polar surface area (TPSA) is 67.3 Å². The molecule has 0 aliphatic heterocycles. The van der Waals surface area contributed by atoms with Crippen molar-refractivity contribution in [3.63, 3.8) is 0 Å². The summed E-state index contributed by atoms with van der Waals surface area (Å²) >= 11 is 0. The maximum absolute atomic E-state index is 12.4. The number of aromatic nitrogens is 1. The highest BCUT2D eigenvalue weighted by Gasteiger charge is 2.11. The van der Waals surface area contributed by atoms with E-state index in [9.17, 15) is 14.7 Å². The normalized spacial score (nSPS) is 10.9. The molecule has 0 amide bonds. The number of unbranched alkanes of at least 4 members (excludes halogenated alkanes) is 3. The van der Waals surface area contributed by atoms with Crippen molar-refractivity contribution >= 4 is 22.8 Å². The van der Waals surface area contributed by atoms with Gasteiger partial charge in [0.2, 0.25) is 0 Å². The Morgan fingerprint density at radius 3 is 2.70 bits per heavy atom. The minimum absolute atomic E-state index is 0.0287. The van der Waals surface area contributed by atoms with Crippen molar-refractivity contribution in [3.8, 4) is 17.0 Å². The molecule has 0 bridgehead atoms. The summed E-state index contributed by atoms with van der Waals surface area (Å²) in [4.78, 5) is 28.2. The van der Waals surface area contributed by atoms with E-state index in [4.69, 9.17) is 0 Å². The van der Waals surface area contributed by atoms with Crippen molar-refractivity contribution in [2.45, 2.75) is 39.0 Å². The number of phenols is 1. The van der Waals surface area contributed by atoms with Crippen LogP contribution in [-0.2, 0) is 0 Å². The van der Waals surface area contributed by atoms with Crippen molar-refractivity contribution in [1.29, 1.82) is 0 Å². The maximum atomic E-state index is 12.4. The summed E-state index contributed by atoms with van der Waals surface area (Å²) in [6.07, 6.45) is 5.44. The van der Waals surface area contributed by atoms with Gasteiger partial charge in [-0.15, -0.1) is 0 Å². The molecule has 138 valence electrons. The lowest BCUT2D eigenvalue weighted by Crippen LogP contribution is -2.02. The van der Waals surface area contributed by atoms with Crippen LogP contribution in [-0.4, -0.2) is 22.2 Å². The van der Waals surface area contributed by atoms with E-state index in [2.05, 4.69) is 11.9 Å². The van der Waals surface area contributed by atoms with Crippen LogP contribution in [0.1, 0.15) is 59.9 Å². The molecule has 1 N–H and O–H groups in total. The molecule has 3 aromatic rings. The van der Waals surface area contributed by atoms with Crippen LogP contribution in [0.5, 0.6) is 5.75 Å². The van der Waals surface area contributed by atoms with E-state index < -0.39 is 0 Å². The number of carbonyl (C=O) groups excluding carboxylic acids is 2. The van der Waals surface area contributed by atoms with Crippen molar-refractivity contribution in [1.82, 2.24) is 4.98 Å². The molecule has 4 nitrogen and oxygen atoms in total. The molecule has 0 unspecified atom stereocenters. The van der Waals surface area contributed by atoms with Gasteiger partial charge in [-0.05, 0) is 41.5 Å². The molecule has 0 fully saturated rings. The molecule has 0 saturated carbocycles. The summed E-state index contributed by atoms with van der Waals surface area (Å²) in [6.45, 7) is 2.15. The number of phenolic OH excluding ortho intramolecular Hbond substituents is 1. The van der Waals surface area contributed by atoms with Gasteiger partial charge in [0.1, 0.15) is 11.4 Å². The number of hydrogen-bond acceptors (Lipinski definition) is 4. The van der Waals surface area contributed by atoms with Crippen LogP contribution in [0.3, 0.4) is 0 Å². The van der Waals surface area contributed by atoms with Crippen LogP contribution in [0, 0.1) is 0 Å². The lowest BCUT2D eigenvalue weighted by molar-refractivity contribution is 0.0974. The number of Topliss-reactive ketones (excluding diaryl/α,β-unsaturated/α-hetero) is 1. The second-order valence-corrected chi connectivity index (χ2v) is 6.69. The molecule has 0 spiro atoms. The Labute approximate surface area is 158 Å². The molecule has 3 rings (SSSR count). The molecule has 1 aromatic heterocycles. The number of carbonyl (C=O) groups is 2. The minimum Gasteiger partial charge on any atom is -0.507 e. The van der Waals surface area contributed by atoms with Crippen molar-refractivity contribution < 1.29 is 14.7 Å². The summed E-state index contributed by atoms with van der Waals surface area (Å²) in [5.41, 5.74) is 2.36. The molecule has 2 aromatic carbocycles. The number of fused-ring (bicyclic) bond motifs is 1. The van der Waals surface area contributed by atoms with Crippen LogP contribution in [0.25, 0.3) is 22.0 Å². The predicted molar refractivity (Wildman–Crippen MR) is 107 cm³/mol. The highest BCUT2D eigenvalue weighted by molar-refractivity contribution is 6.02. The zero-order valence-corrected chi connectivity index (χ0v) is 15.4. The fourth-order valence-corrected chi connectivity index (χ4v) is 3.22. The molecule has 0 aliphatic rings. The quantitative estimate of drug-likeness (QED) is 0.323. The second kappa shape index (κ2) is 8.58. The zero-order chi connectivity index (χ0) is 19.2. The lowest BCUT2D eigenvalue weighted by Gasteiger charge is -2.08. The largest absolute Gasteiger partial charge is 0.507 e. The Bertz CT molecular complexity index is 979. The van der Waals surface area contributed by atoms with Crippen LogP contribution in [0.15, 0.2) is 48.5 Å². The maximum Gasteiger partial charge on any atom is 0.181 e. The number of benzene rings is 2. The van der Waals surface area contributed by atoms with E-state index in [1.54, 1.807) is 18.2 Å². The number of aldehydes is 1. The van der Waals surface area contributed by atoms with E-state index in [1.807, 2.05) is 24.3 Å². The van der Waals surface area contributed by atoms with Gasteiger partial charge in [0.25, 0.3) is 0 Å².